The van der Waals surface area contributed by atoms with E-state index in [2.05, 4.69) is 21.2 Å². The number of halogens is 1. The van der Waals surface area contributed by atoms with Crippen LogP contribution >= 0.6 is 15.9 Å². The van der Waals surface area contributed by atoms with Gasteiger partial charge in [0.2, 0.25) is 5.91 Å². The second-order valence-corrected chi connectivity index (χ2v) is 4.64. The van der Waals surface area contributed by atoms with Crippen molar-refractivity contribution in [3.63, 3.8) is 0 Å². The third-order valence-electron chi connectivity index (χ3n) is 2.57. The average molecular weight is 285 g/mol. The van der Waals surface area contributed by atoms with Crippen molar-refractivity contribution in [3.8, 4) is 0 Å². The lowest BCUT2D eigenvalue weighted by atomic mass is 10.1. The Morgan fingerprint density at radius 2 is 2.38 bits per heavy atom. The Hall–Kier alpha value is -1.07. The second-order valence-electron chi connectivity index (χ2n) is 3.79. The molecule has 0 aliphatic carbocycles. The maximum absolute atomic E-state index is 11.8. The number of benzene rings is 1. The van der Waals surface area contributed by atoms with Gasteiger partial charge in [0.1, 0.15) is 0 Å². The zero-order chi connectivity index (χ0) is 11.5. The zero-order valence-corrected chi connectivity index (χ0v) is 10.3. The van der Waals surface area contributed by atoms with Crippen molar-refractivity contribution in [1.29, 1.82) is 0 Å². The molecule has 3 N–H and O–H groups in total. The van der Waals surface area contributed by atoms with Crippen LogP contribution in [0.1, 0.15) is 6.42 Å². The monoisotopic (exact) mass is 284 g/mol. The van der Waals surface area contributed by atoms with Crippen molar-refractivity contribution in [2.75, 3.05) is 24.3 Å². The fourth-order valence-corrected chi connectivity index (χ4v) is 1.97. The molecule has 1 unspecified atom stereocenters. The Bertz CT molecular complexity index is 403. The standard InChI is InChI=1S/C11H13BrN2O2/c12-9-5-8(1-2-10(9)13)14-11(15)7-3-4-16-6-7/h1-2,5,7H,3-4,6,13H2,(H,14,15). The Morgan fingerprint density at radius 1 is 1.56 bits per heavy atom. The number of nitrogen functional groups attached to an aromatic ring is 1. The van der Waals surface area contributed by atoms with E-state index in [0.717, 1.165) is 16.6 Å². The normalized spacial score (nSPS) is 19.7. The van der Waals surface area contributed by atoms with Crippen LogP contribution in [0.3, 0.4) is 0 Å². The summed E-state index contributed by atoms with van der Waals surface area (Å²) in [4.78, 5) is 11.8. The number of ether oxygens (including phenoxy) is 1. The van der Waals surface area contributed by atoms with Crippen LogP contribution in [0.15, 0.2) is 22.7 Å². The maximum Gasteiger partial charge on any atom is 0.229 e. The Morgan fingerprint density at radius 3 is 3.00 bits per heavy atom. The summed E-state index contributed by atoms with van der Waals surface area (Å²) >= 11 is 3.32. The number of carbonyl (C=O) groups is 1. The molecule has 0 aromatic heterocycles. The van der Waals surface area contributed by atoms with Crippen LogP contribution < -0.4 is 11.1 Å². The topological polar surface area (TPSA) is 64.3 Å². The van der Waals surface area contributed by atoms with Gasteiger partial charge in [-0.25, -0.2) is 0 Å². The van der Waals surface area contributed by atoms with E-state index >= 15 is 0 Å². The molecule has 1 aromatic rings. The van der Waals surface area contributed by atoms with Crippen LogP contribution in [-0.2, 0) is 9.53 Å². The van der Waals surface area contributed by atoms with Gasteiger partial charge in [0.15, 0.2) is 0 Å². The van der Waals surface area contributed by atoms with Gasteiger partial charge >= 0.3 is 0 Å². The Labute approximate surface area is 102 Å². The lowest BCUT2D eigenvalue weighted by Gasteiger charge is -2.10. The molecular formula is C11H13BrN2O2. The molecule has 4 nitrogen and oxygen atoms in total. The molecular weight excluding hydrogens is 272 g/mol. The summed E-state index contributed by atoms with van der Waals surface area (Å²) in [6.45, 7) is 1.19. The van der Waals surface area contributed by atoms with Crippen LogP contribution in [0, 0.1) is 5.92 Å². The molecule has 1 heterocycles. The maximum atomic E-state index is 11.8. The molecule has 0 bridgehead atoms. The number of carbonyl (C=O) groups excluding carboxylic acids is 1. The van der Waals surface area contributed by atoms with Crippen LogP contribution in [0.5, 0.6) is 0 Å². The largest absolute Gasteiger partial charge is 0.398 e. The molecule has 0 radical (unpaired) electrons. The number of hydrogen-bond acceptors (Lipinski definition) is 3. The van der Waals surface area contributed by atoms with Crippen molar-refractivity contribution >= 4 is 33.2 Å². The molecule has 1 fully saturated rings. The predicted molar refractivity (Wildman–Crippen MR) is 66.1 cm³/mol. The first-order valence-corrected chi connectivity index (χ1v) is 5.90. The molecule has 0 spiro atoms. The minimum absolute atomic E-state index is 0.00849. The van der Waals surface area contributed by atoms with E-state index < -0.39 is 0 Å². The average Bonchev–Trinajstić information content (AvgIpc) is 2.77. The highest BCUT2D eigenvalue weighted by Gasteiger charge is 2.23. The number of nitrogens with one attached hydrogen (secondary N) is 1. The molecule has 16 heavy (non-hydrogen) atoms. The van der Waals surface area contributed by atoms with Crippen molar-refractivity contribution < 1.29 is 9.53 Å². The number of nitrogens with two attached hydrogens (primary N) is 1. The number of amides is 1. The van der Waals surface area contributed by atoms with E-state index in [1.807, 2.05) is 0 Å². The summed E-state index contributed by atoms with van der Waals surface area (Å²) in [5, 5.41) is 2.85. The fraction of sp³-hybridized carbons (Fsp3) is 0.364. The van der Waals surface area contributed by atoms with Crippen molar-refractivity contribution in [2.24, 2.45) is 5.92 Å². The SMILES string of the molecule is Nc1ccc(NC(=O)C2CCOC2)cc1Br. The smallest absolute Gasteiger partial charge is 0.229 e. The lowest BCUT2D eigenvalue weighted by molar-refractivity contribution is -0.119. The third kappa shape index (κ3) is 2.54. The number of hydrogen-bond donors (Lipinski definition) is 2. The van der Waals surface area contributed by atoms with Gasteiger partial charge in [-0.1, -0.05) is 0 Å². The first-order chi connectivity index (χ1) is 7.66. The summed E-state index contributed by atoms with van der Waals surface area (Å²) in [6.07, 6.45) is 0.794. The van der Waals surface area contributed by atoms with Gasteiger partial charge < -0.3 is 15.8 Å². The first-order valence-electron chi connectivity index (χ1n) is 5.10. The van der Waals surface area contributed by atoms with Crippen LogP contribution in [0.25, 0.3) is 0 Å². The van der Waals surface area contributed by atoms with Crippen molar-refractivity contribution in [2.45, 2.75) is 6.42 Å². The van der Waals surface area contributed by atoms with Crippen LogP contribution in [-0.4, -0.2) is 19.1 Å². The highest BCUT2D eigenvalue weighted by molar-refractivity contribution is 9.10. The van der Waals surface area contributed by atoms with E-state index in [9.17, 15) is 4.79 Å². The minimum Gasteiger partial charge on any atom is -0.398 e. The Balaban J connectivity index is 2.02. The van der Waals surface area contributed by atoms with Gasteiger partial charge in [-0.05, 0) is 40.5 Å². The minimum atomic E-state index is -0.0312. The van der Waals surface area contributed by atoms with Crippen LogP contribution in [0.4, 0.5) is 11.4 Å². The van der Waals surface area contributed by atoms with Crippen molar-refractivity contribution in [1.82, 2.24) is 0 Å². The summed E-state index contributed by atoms with van der Waals surface area (Å²) in [5.41, 5.74) is 7.07. The molecule has 5 heteroatoms. The third-order valence-corrected chi connectivity index (χ3v) is 3.26. The molecule has 1 aliphatic heterocycles. The van der Waals surface area contributed by atoms with E-state index in [0.29, 0.717) is 18.9 Å². The lowest BCUT2D eigenvalue weighted by Crippen LogP contribution is -2.22. The first kappa shape index (κ1) is 11.4. The van der Waals surface area contributed by atoms with E-state index in [-0.39, 0.29) is 11.8 Å². The predicted octanol–water partition coefficient (Wildman–Crippen LogP) is 2.01. The molecule has 1 aromatic carbocycles. The summed E-state index contributed by atoms with van der Waals surface area (Å²) in [7, 11) is 0. The van der Waals surface area contributed by atoms with Gasteiger partial charge in [0.25, 0.3) is 0 Å². The molecule has 1 aliphatic rings. The Kier molecular flexibility index (Phi) is 3.46. The number of anilines is 2. The van der Waals surface area contributed by atoms with E-state index in [4.69, 9.17) is 10.5 Å². The summed E-state index contributed by atoms with van der Waals surface area (Å²) < 4.78 is 5.95. The van der Waals surface area contributed by atoms with Gasteiger partial charge in [-0.3, -0.25) is 4.79 Å². The van der Waals surface area contributed by atoms with Gasteiger partial charge in [-0.2, -0.15) is 0 Å². The molecule has 1 atom stereocenters. The quantitative estimate of drug-likeness (QED) is 0.817. The number of rotatable bonds is 2. The molecule has 1 saturated heterocycles. The van der Waals surface area contributed by atoms with E-state index in [1.54, 1.807) is 18.2 Å². The molecule has 86 valence electrons. The highest BCUT2D eigenvalue weighted by atomic mass is 79.9. The second kappa shape index (κ2) is 4.84. The van der Waals surface area contributed by atoms with Gasteiger partial charge in [0, 0.05) is 22.5 Å². The van der Waals surface area contributed by atoms with Gasteiger partial charge in [0.05, 0.1) is 12.5 Å². The molecule has 0 saturated carbocycles. The van der Waals surface area contributed by atoms with Crippen molar-refractivity contribution in [3.05, 3.63) is 22.7 Å². The van der Waals surface area contributed by atoms with Gasteiger partial charge in [-0.15, -0.1) is 0 Å². The molecule has 1 amide bonds. The highest BCUT2D eigenvalue weighted by Crippen LogP contribution is 2.24. The summed E-state index contributed by atoms with van der Waals surface area (Å²) in [6, 6.07) is 5.34. The fourth-order valence-electron chi connectivity index (χ4n) is 1.59. The van der Waals surface area contributed by atoms with E-state index in [1.165, 1.54) is 0 Å². The zero-order valence-electron chi connectivity index (χ0n) is 8.70. The molecule has 2 rings (SSSR count). The summed E-state index contributed by atoms with van der Waals surface area (Å²) in [5.74, 6) is -0.0227. The van der Waals surface area contributed by atoms with Crippen LogP contribution in [0.2, 0.25) is 0 Å².